The van der Waals surface area contributed by atoms with E-state index in [9.17, 15) is 14.4 Å². The first-order valence-corrected chi connectivity index (χ1v) is 4.90. The highest BCUT2D eigenvalue weighted by molar-refractivity contribution is 6.07. The van der Waals surface area contributed by atoms with Crippen LogP contribution in [0.3, 0.4) is 0 Å². The number of carbonyl (C=O) groups excluding carboxylic acids is 2. The fraction of sp³-hybridized carbons (Fsp3) is 0.667. The van der Waals surface area contributed by atoms with E-state index in [0.29, 0.717) is 19.3 Å². The van der Waals surface area contributed by atoms with Crippen LogP contribution in [-0.2, 0) is 9.59 Å². The van der Waals surface area contributed by atoms with Gasteiger partial charge in [-0.15, -0.1) is 0 Å². The molecule has 2 aliphatic rings. The third-order valence-electron chi connectivity index (χ3n) is 3.11. The lowest BCUT2D eigenvalue weighted by Gasteiger charge is -2.33. The standard InChI is InChI=1S/C9H12N2O4/c12-6(13)5-2-1-3-9(4-5)7(14)10-8(15)11-9/h5H,1-4H2,(H,12,13)(H2,10,11,14,15)/t5-,9+/m0/s1. The summed E-state index contributed by atoms with van der Waals surface area (Å²) in [5, 5.41) is 13.6. The van der Waals surface area contributed by atoms with Crippen LogP contribution in [0.4, 0.5) is 4.79 Å². The molecule has 6 nitrogen and oxygen atoms in total. The topological polar surface area (TPSA) is 95.5 Å². The van der Waals surface area contributed by atoms with E-state index in [1.807, 2.05) is 0 Å². The van der Waals surface area contributed by atoms with Gasteiger partial charge in [0.05, 0.1) is 5.92 Å². The second-order valence-corrected chi connectivity index (χ2v) is 4.12. The summed E-state index contributed by atoms with van der Waals surface area (Å²) in [6.07, 6.45) is 1.93. The van der Waals surface area contributed by atoms with Crippen molar-refractivity contribution in [2.24, 2.45) is 5.92 Å². The minimum absolute atomic E-state index is 0.194. The van der Waals surface area contributed by atoms with Gasteiger partial charge >= 0.3 is 12.0 Å². The molecule has 1 heterocycles. The van der Waals surface area contributed by atoms with Gasteiger partial charge in [0.25, 0.3) is 5.91 Å². The molecule has 3 N–H and O–H groups in total. The molecular formula is C9H12N2O4. The zero-order valence-corrected chi connectivity index (χ0v) is 8.08. The smallest absolute Gasteiger partial charge is 0.322 e. The molecule has 1 aliphatic heterocycles. The highest BCUT2D eigenvalue weighted by Crippen LogP contribution is 2.34. The number of rotatable bonds is 1. The maximum atomic E-state index is 11.5. The van der Waals surface area contributed by atoms with Crippen molar-refractivity contribution >= 4 is 17.9 Å². The van der Waals surface area contributed by atoms with E-state index in [1.165, 1.54) is 0 Å². The Morgan fingerprint density at radius 2 is 2.20 bits per heavy atom. The zero-order valence-electron chi connectivity index (χ0n) is 8.08. The third kappa shape index (κ3) is 1.55. The van der Waals surface area contributed by atoms with Gasteiger partial charge in [-0.25, -0.2) is 4.79 Å². The molecule has 0 aromatic heterocycles. The molecule has 0 unspecified atom stereocenters. The first-order valence-electron chi connectivity index (χ1n) is 4.90. The molecule has 2 fully saturated rings. The first-order chi connectivity index (χ1) is 7.03. The average molecular weight is 212 g/mol. The van der Waals surface area contributed by atoms with E-state index < -0.39 is 29.4 Å². The second kappa shape index (κ2) is 3.22. The van der Waals surface area contributed by atoms with Gasteiger partial charge in [-0.2, -0.15) is 0 Å². The molecule has 0 aromatic carbocycles. The minimum Gasteiger partial charge on any atom is -0.481 e. The summed E-state index contributed by atoms with van der Waals surface area (Å²) in [7, 11) is 0. The van der Waals surface area contributed by atoms with E-state index in [2.05, 4.69) is 10.6 Å². The van der Waals surface area contributed by atoms with Gasteiger partial charge < -0.3 is 10.4 Å². The lowest BCUT2D eigenvalue weighted by molar-refractivity contribution is -0.144. The average Bonchev–Trinajstić information content (AvgIpc) is 2.41. The van der Waals surface area contributed by atoms with Crippen LogP contribution in [0.2, 0.25) is 0 Å². The molecule has 0 bridgehead atoms. The van der Waals surface area contributed by atoms with Gasteiger partial charge in [-0.1, -0.05) is 0 Å². The number of carbonyl (C=O) groups is 3. The van der Waals surface area contributed by atoms with E-state index >= 15 is 0 Å². The number of urea groups is 1. The number of carboxylic acid groups (broad SMARTS) is 1. The predicted molar refractivity (Wildman–Crippen MR) is 49.0 cm³/mol. The Hall–Kier alpha value is -1.59. The number of aliphatic carboxylic acids is 1. The summed E-state index contributed by atoms with van der Waals surface area (Å²) in [5.41, 5.74) is -0.974. The van der Waals surface area contributed by atoms with Crippen LogP contribution in [0.5, 0.6) is 0 Å². The third-order valence-corrected chi connectivity index (χ3v) is 3.11. The number of hydrogen-bond donors (Lipinski definition) is 3. The van der Waals surface area contributed by atoms with Crippen molar-refractivity contribution in [2.75, 3.05) is 0 Å². The van der Waals surface area contributed by atoms with Crippen molar-refractivity contribution in [2.45, 2.75) is 31.2 Å². The van der Waals surface area contributed by atoms with Crippen molar-refractivity contribution in [3.8, 4) is 0 Å². The van der Waals surface area contributed by atoms with E-state index in [0.717, 1.165) is 0 Å². The maximum absolute atomic E-state index is 11.5. The molecule has 15 heavy (non-hydrogen) atoms. The fourth-order valence-corrected chi connectivity index (χ4v) is 2.33. The van der Waals surface area contributed by atoms with Gasteiger partial charge in [0.1, 0.15) is 5.54 Å². The summed E-state index contributed by atoms with van der Waals surface area (Å²) in [6.45, 7) is 0. The minimum atomic E-state index is -0.974. The summed E-state index contributed by atoms with van der Waals surface area (Å²) < 4.78 is 0. The first kappa shape index (κ1) is 9.95. The van der Waals surface area contributed by atoms with Crippen LogP contribution in [0.25, 0.3) is 0 Å². The Labute approximate surface area is 86.0 Å². The largest absolute Gasteiger partial charge is 0.481 e. The molecule has 82 valence electrons. The summed E-state index contributed by atoms with van der Waals surface area (Å²) >= 11 is 0. The number of carboxylic acids is 1. The van der Waals surface area contributed by atoms with Crippen molar-refractivity contribution < 1.29 is 19.5 Å². The van der Waals surface area contributed by atoms with E-state index in [1.54, 1.807) is 0 Å². The lowest BCUT2D eigenvalue weighted by atomic mass is 9.76. The molecule has 1 aliphatic carbocycles. The SMILES string of the molecule is O=C1NC(=O)[C@]2(CCC[C@H](C(=O)O)C2)N1. The van der Waals surface area contributed by atoms with Gasteiger partial charge in [0, 0.05) is 0 Å². The predicted octanol–water partition coefficient (Wildman–Crippen LogP) is -0.161. The Kier molecular flexibility index (Phi) is 2.13. The van der Waals surface area contributed by atoms with Crippen LogP contribution < -0.4 is 10.6 Å². The Morgan fingerprint density at radius 3 is 2.73 bits per heavy atom. The van der Waals surface area contributed by atoms with Gasteiger partial charge in [0.2, 0.25) is 0 Å². The molecule has 3 amide bonds. The highest BCUT2D eigenvalue weighted by Gasteiger charge is 2.50. The van der Waals surface area contributed by atoms with E-state index in [4.69, 9.17) is 5.11 Å². The Morgan fingerprint density at radius 1 is 1.47 bits per heavy atom. The van der Waals surface area contributed by atoms with Gasteiger partial charge in [-0.3, -0.25) is 14.9 Å². The number of nitrogens with one attached hydrogen (secondary N) is 2. The molecule has 1 saturated carbocycles. The van der Waals surface area contributed by atoms with Crippen molar-refractivity contribution in [1.82, 2.24) is 10.6 Å². The zero-order chi connectivity index (χ0) is 11.1. The van der Waals surface area contributed by atoms with Gasteiger partial charge in [-0.05, 0) is 25.7 Å². The van der Waals surface area contributed by atoms with Crippen molar-refractivity contribution in [3.63, 3.8) is 0 Å². The summed E-state index contributed by atoms with van der Waals surface area (Å²) in [4.78, 5) is 33.4. The van der Waals surface area contributed by atoms with E-state index in [-0.39, 0.29) is 6.42 Å². The number of hydrogen-bond acceptors (Lipinski definition) is 3. The van der Waals surface area contributed by atoms with Crippen LogP contribution in [0, 0.1) is 5.92 Å². The molecule has 2 rings (SSSR count). The van der Waals surface area contributed by atoms with Crippen LogP contribution in [-0.4, -0.2) is 28.6 Å². The van der Waals surface area contributed by atoms with Crippen LogP contribution in [0.15, 0.2) is 0 Å². The van der Waals surface area contributed by atoms with Crippen molar-refractivity contribution in [1.29, 1.82) is 0 Å². The Bertz CT molecular complexity index is 341. The molecule has 0 radical (unpaired) electrons. The highest BCUT2D eigenvalue weighted by atomic mass is 16.4. The molecule has 1 spiro atoms. The number of imide groups is 1. The monoisotopic (exact) mass is 212 g/mol. The summed E-state index contributed by atoms with van der Waals surface area (Å²) in [5.74, 6) is -1.83. The fourth-order valence-electron chi connectivity index (χ4n) is 2.33. The quantitative estimate of drug-likeness (QED) is 0.526. The number of amides is 3. The molecule has 1 saturated heterocycles. The molecule has 6 heteroatoms. The van der Waals surface area contributed by atoms with Crippen LogP contribution in [0.1, 0.15) is 25.7 Å². The normalized spacial score (nSPS) is 35.1. The van der Waals surface area contributed by atoms with Crippen molar-refractivity contribution in [3.05, 3.63) is 0 Å². The van der Waals surface area contributed by atoms with Gasteiger partial charge in [0.15, 0.2) is 0 Å². The molecule has 0 aromatic rings. The second-order valence-electron chi connectivity index (χ2n) is 4.12. The Balaban J connectivity index is 2.18. The van der Waals surface area contributed by atoms with Crippen LogP contribution >= 0.6 is 0 Å². The summed E-state index contributed by atoms with van der Waals surface area (Å²) in [6, 6.07) is -0.522. The molecular weight excluding hydrogens is 200 g/mol. The maximum Gasteiger partial charge on any atom is 0.322 e. The molecule has 2 atom stereocenters. The lowest BCUT2D eigenvalue weighted by Crippen LogP contribution is -2.51.